The molecule has 0 aliphatic heterocycles. The third kappa shape index (κ3) is 2.90. The van der Waals surface area contributed by atoms with Gasteiger partial charge in [-0.15, -0.1) is 0 Å². The molecule has 1 rings (SSSR count). The molecular formula is C13H20O4. The van der Waals surface area contributed by atoms with Crippen LogP contribution in [-0.4, -0.2) is 30.5 Å². The minimum Gasteiger partial charge on any atom is -0.496 e. The number of aliphatic hydroxyl groups is 2. The van der Waals surface area contributed by atoms with Crippen LogP contribution in [0.2, 0.25) is 0 Å². The largest absolute Gasteiger partial charge is 0.496 e. The summed E-state index contributed by atoms with van der Waals surface area (Å²) in [7, 11) is 3.04. The summed E-state index contributed by atoms with van der Waals surface area (Å²) in [6, 6.07) is 5.23. The van der Waals surface area contributed by atoms with Crippen molar-refractivity contribution in [2.75, 3.05) is 14.2 Å². The maximum atomic E-state index is 10.2. The highest BCUT2D eigenvalue weighted by Gasteiger charge is 2.27. The van der Waals surface area contributed by atoms with E-state index in [-0.39, 0.29) is 5.92 Å². The summed E-state index contributed by atoms with van der Waals surface area (Å²) in [6.45, 7) is 3.69. The van der Waals surface area contributed by atoms with E-state index in [1.165, 1.54) is 14.2 Å². The van der Waals surface area contributed by atoms with Crippen LogP contribution in [0.1, 0.15) is 25.5 Å². The molecule has 0 fully saturated rings. The van der Waals surface area contributed by atoms with Crippen molar-refractivity contribution in [3.05, 3.63) is 23.8 Å². The molecule has 0 heterocycles. The molecule has 17 heavy (non-hydrogen) atoms. The summed E-state index contributed by atoms with van der Waals surface area (Å²) in [5.41, 5.74) is 0.485. The Bertz CT molecular complexity index is 340. The van der Waals surface area contributed by atoms with E-state index >= 15 is 0 Å². The maximum absolute atomic E-state index is 10.2. The van der Waals surface area contributed by atoms with Crippen LogP contribution in [-0.2, 0) is 0 Å². The van der Waals surface area contributed by atoms with Gasteiger partial charge in [-0.2, -0.15) is 0 Å². The Morgan fingerprint density at radius 1 is 1.00 bits per heavy atom. The van der Waals surface area contributed by atoms with Crippen LogP contribution in [0.25, 0.3) is 0 Å². The van der Waals surface area contributed by atoms with Crippen molar-refractivity contribution in [2.45, 2.75) is 26.1 Å². The highest BCUT2D eigenvalue weighted by molar-refractivity contribution is 5.46. The number of methoxy groups -OCH3 is 2. The summed E-state index contributed by atoms with van der Waals surface area (Å²) in [4.78, 5) is 0. The minimum absolute atomic E-state index is 0.0559. The monoisotopic (exact) mass is 240 g/mol. The number of hydrogen-bond donors (Lipinski definition) is 2. The predicted molar refractivity (Wildman–Crippen MR) is 65.4 cm³/mol. The first-order chi connectivity index (χ1) is 8.02. The SMILES string of the molecule is COc1cccc(OC)c1C(O)C(O)C(C)C. The van der Waals surface area contributed by atoms with E-state index in [4.69, 9.17) is 9.47 Å². The van der Waals surface area contributed by atoms with Crippen LogP contribution in [0.5, 0.6) is 11.5 Å². The Hall–Kier alpha value is -1.26. The molecule has 1 aromatic rings. The van der Waals surface area contributed by atoms with Gasteiger partial charge in [0, 0.05) is 0 Å². The Balaban J connectivity index is 3.18. The average molecular weight is 240 g/mol. The van der Waals surface area contributed by atoms with Crippen molar-refractivity contribution in [1.29, 1.82) is 0 Å². The van der Waals surface area contributed by atoms with Gasteiger partial charge < -0.3 is 19.7 Å². The van der Waals surface area contributed by atoms with E-state index < -0.39 is 12.2 Å². The molecule has 4 heteroatoms. The van der Waals surface area contributed by atoms with Crippen LogP contribution in [0.15, 0.2) is 18.2 Å². The average Bonchev–Trinajstić information content (AvgIpc) is 2.35. The van der Waals surface area contributed by atoms with Crippen molar-refractivity contribution in [1.82, 2.24) is 0 Å². The molecule has 0 aliphatic carbocycles. The molecule has 0 amide bonds. The third-order valence-electron chi connectivity index (χ3n) is 2.77. The Morgan fingerprint density at radius 2 is 1.47 bits per heavy atom. The number of rotatable bonds is 5. The number of ether oxygens (including phenoxy) is 2. The van der Waals surface area contributed by atoms with E-state index in [9.17, 15) is 10.2 Å². The molecule has 0 radical (unpaired) electrons. The fourth-order valence-corrected chi connectivity index (χ4v) is 1.71. The van der Waals surface area contributed by atoms with Gasteiger partial charge in [-0.1, -0.05) is 19.9 Å². The Labute approximate surface area is 102 Å². The molecule has 0 bridgehead atoms. The van der Waals surface area contributed by atoms with Gasteiger partial charge in [0.1, 0.15) is 17.6 Å². The van der Waals surface area contributed by atoms with Crippen LogP contribution in [0.4, 0.5) is 0 Å². The fourth-order valence-electron chi connectivity index (χ4n) is 1.71. The second-order valence-corrected chi connectivity index (χ2v) is 4.26. The van der Waals surface area contributed by atoms with Gasteiger partial charge in [0.05, 0.1) is 25.9 Å². The molecule has 0 saturated carbocycles. The minimum atomic E-state index is -1.03. The van der Waals surface area contributed by atoms with Crippen LogP contribution < -0.4 is 9.47 Å². The van der Waals surface area contributed by atoms with Gasteiger partial charge in [-0.05, 0) is 18.1 Å². The van der Waals surface area contributed by atoms with Gasteiger partial charge in [-0.25, -0.2) is 0 Å². The summed E-state index contributed by atoms with van der Waals surface area (Å²) in [5, 5.41) is 20.1. The zero-order chi connectivity index (χ0) is 13.0. The zero-order valence-electron chi connectivity index (χ0n) is 10.7. The molecule has 0 aliphatic rings. The van der Waals surface area contributed by atoms with E-state index in [0.717, 1.165) is 0 Å². The lowest BCUT2D eigenvalue weighted by molar-refractivity contribution is -0.0116. The number of hydrogen-bond acceptors (Lipinski definition) is 4. The first kappa shape index (κ1) is 13.8. The van der Waals surface area contributed by atoms with E-state index in [2.05, 4.69) is 0 Å². The van der Waals surface area contributed by atoms with Gasteiger partial charge in [0.2, 0.25) is 0 Å². The lowest BCUT2D eigenvalue weighted by Crippen LogP contribution is -2.24. The van der Waals surface area contributed by atoms with Gasteiger partial charge in [0.25, 0.3) is 0 Å². The molecule has 96 valence electrons. The third-order valence-corrected chi connectivity index (χ3v) is 2.77. The van der Waals surface area contributed by atoms with Crippen LogP contribution >= 0.6 is 0 Å². The normalized spacial score (nSPS) is 14.5. The van der Waals surface area contributed by atoms with Crippen molar-refractivity contribution >= 4 is 0 Å². The van der Waals surface area contributed by atoms with Crippen molar-refractivity contribution in [3.8, 4) is 11.5 Å². The number of aliphatic hydroxyl groups excluding tert-OH is 2. The first-order valence-corrected chi connectivity index (χ1v) is 5.60. The second kappa shape index (κ2) is 5.89. The highest BCUT2D eigenvalue weighted by atomic mass is 16.5. The van der Waals surface area contributed by atoms with Crippen LogP contribution in [0.3, 0.4) is 0 Å². The molecule has 0 aromatic heterocycles. The van der Waals surface area contributed by atoms with Crippen molar-refractivity contribution in [3.63, 3.8) is 0 Å². The standard InChI is InChI=1S/C13H20O4/c1-8(2)12(14)13(15)11-9(16-3)6-5-7-10(11)17-4/h5-8,12-15H,1-4H3. The summed E-state index contributed by atoms with van der Waals surface area (Å²) in [5.74, 6) is 0.965. The maximum Gasteiger partial charge on any atom is 0.128 e. The summed E-state index contributed by atoms with van der Waals surface area (Å²) in [6.07, 6.45) is -1.89. The van der Waals surface area contributed by atoms with E-state index in [1.807, 2.05) is 13.8 Å². The Kier molecular flexibility index (Phi) is 4.78. The highest BCUT2D eigenvalue weighted by Crippen LogP contribution is 2.36. The summed E-state index contributed by atoms with van der Waals surface area (Å²) >= 11 is 0. The van der Waals surface area contributed by atoms with E-state index in [1.54, 1.807) is 18.2 Å². The zero-order valence-corrected chi connectivity index (χ0v) is 10.7. The molecule has 2 atom stereocenters. The van der Waals surface area contributed by atoms with Gasteiger partial charge in [-0.3, -0.25) is 0 Å². The molecule has 4 nitrogen and oxygen atoms in total. The first-order valence-electron chi connectivity index (χ1n) is 5.60. The van der Waals surface area contributed by atoms with Gasteiger partial charge >= 0.3 is 0 Å². The lowest BCUT2D eigenvalue weighted by atomic mass is 9.95. The molecular weight excluding hydrogens is 220 g/mol. The molecule has 0 saturated heterocycles. The molecule has 2 unspecified atom stereocenters. The second-order valence-electron chi connectivity index (χ2n) is 4.26. The Morgan fingerprint density at radius 3 is 1.82 bits per heavy atom. The molecule has 1 aromatic carbocycles. The molecule has 2 N–H and O–H groups in total. The van der Waals surface area contributed by atoms with Crippen molar-refractivity contribution in [2.24, 2.45) is 5.92 Å². The predicted octanol–water partition coefficient (Wildman–Crippen LogP) is 1.75. The fraction of sp³-hybridized carbons (Fsp3) is 0.538. The van der Waals surface area contributed by atoms with E-state index in [0.29, 0.717) is 17.1 Å². The van der Waals surface area contributed by atoms with Crippen LogP contribution in [0, 0.1) is 5.92 Å². The smallest absolute Gasteiger partial charge is 0.128 e. The lowest BCUT2D eigenvalue weighted by Gasteiger charge is -2.24. The summed E-state index contributed by atoms with van der Waals surface area (Å²) < 4.78 is 10.4. The number of benzene rings is 1. The van der Waals surface area contributed by atoms with Gasteiger partial charge in [0.15, 0.2) is 0 Å². The topological polar surface area (TPSA) is 58.9 Å². The molecule has 0 spiro atoms. The quantitative estimate of drug-likeness (QED) is 0.823. The van der Waals surface area contributed by atoms with Crippen molar-refractivity contribution < 1.29 is 19.7 Å².